The zero-order valence-electron chi connectivity index (χ0n) is 10.1. The van der Waals surface area contributed by atoms with Gasteiger partial charge < -0.3 is 9.84 Å². The monoisotopic (exact) mass is 259 g/mol. The highest BCUT2D eigenvalue weighted by Crippen LogP contribution is 2.24. The molecule has 0 heterocycles. The van der Waals surface area contributed by atoms with Crippen LogP contribution in [0.15, 0.2) is 23.1 Å². The summed E-state index contributed by atoms with van der Waals surface area (Å²) in [7, 11) is -2.24. The van der Waals surface area contributed by atoms with Gasteiger partial charge in [0.05, 0.1) is 13.2 Å². The summed E-state index contributed by atoms with van der Waals surface area (Å²) in [5, 5.41) is 9.09. The first-order chi connectivity index (χ1) is 7.86. The molecule has 0 fully saturated rings. The minimum Gasteiger partial charge on any atom is -0.495 e. The molecule has 0 spiro atoms. The average molecular weight is 259 g/mol. The van der Waals surface area contributed by atoms with Crippen molar-refractivity contribution in [3.63, 3.8) is 0 Å². The molecule has 1 aromatic carbocycles. The fourth-order valence-electron chi connectivity index (χ4n) is 1.30. The van der Waals surface area contributed by atoms with Crippen LogP contribution in [-0.4, -0.2) is 33.3 Å². The topological polar surface area (TPSA) is 75.6 Å². The van der Waals surface area contributed by atoms with Gasteiger partial charge in [-0.1, -0.05) is 6.07 Å². The molecule has 1 atom stereocenters. The molecule has 1 aromatic rings. The Balaban J connectivity index is 3.09. The van der Waals surface area contributed by atoms with E-state index in [9.17, 15) is 8.42 Å². The number of benzene rings is 1. The van der Waals surface area contributed by atoms with Gasteiger partial charge in [-0.15, -0.1) is 0 Å². The van der Waals surface area contributed by atoms with Crippen LogP contribution in [0.5, 0.6) is 5.75 Å². The summed E-state index contributed by atoms with van der Waals surface area (Å²) in [6.07, 6.45) is -0.736. The number of aliphatic hydroxyl groups excluding tert-OH is 1. The third kappa shape index (κ3) is 3.69. The van der Waals surface area contributed by atoms with E-state index < -0.39 is 16.1 Å². The number of hydrogen-bond donors (Lipinski definition) is 2. The van der Waals surface area contributed by atoms with E-state index in [-0.39, 0.29) is 17.2 Å². The SMILES string of the molecule is COc1ccc(C)cc1S(=O)(=O)NC[C@@H](C)O. The predicted octanol–water partition coefficient (Wildman–Crippen LogP) is 0.663. The zero-order chi connectivity index (χ0) is 13.1. The highest BCUT2D eigenvalue weighted by Gasteiger charge is 2.19. The van der Waals surface area contributed by atoms with Crippen LogP contribution >= 0.6 is 0 Å². The van der Waals surface area contributed by atoms with Gasteiger partial charge in [0.2, 0.25) is 10.0 Å². The number of methoxy groups -OCH3 is 1. The number of ether oxygens (including phenoxy) is 1. The number of aryl methyl sites for hydroxylation is 1. The Labute approximate surface area is 101 Å². The first kappa shape index (κ1) is 14.0. The molecule has 5 nitrogen and oxygen atoms in total. The van der Waals surface area contributed by atoms with Crippen molar-refractivity contribution in [1.82, 2.24) is 4.72 Å². The van der Waals surface area contributed by atoms with Crippen molar-refractivity contribution in [1.29, 1.82) is 0 Å². The minimum atomic E-state index is -3.66. The van der Waals surface area contributed by atoms with Gasteiger partial charge in [-0.25, -0.2) is 13.1 Å². The van der Waals surface area contributed by atoms with E-state index in [2.05, 4.69) is 4.72 Å². The first-order valence-corrected chi connectivity index (χ1v) is 6.67. The molecule has 1 rings (SSSR count). The number of hydrogen-bond acceptors (Lipinski definition) is 4. The number of rotatable bonds is 5. The molecule has 0 bridgehead atoms. The second-order valence-corrected chi connectivity index (χ2v) is 5.59. The van der Waals surface area contributed by atoms with E-state index in [1.165, 1.54) is 20.1 Å². The first-order valence-electron chi connectivity index (χ1n) is 5.19. The highest BCUT2D eigenvalue weighted by atomic mass is 32.2. The Morgan fingerprint density at radius 1 is 1.47 bits per heavy atom. The summed E-state index contributed by atoms with van der Waals surface area (Å²) in [6, 6.07) is 4.90. The average Bonchev–Trinajstić information content (AvgIpc) is 2.26. The van der Waals surface area contributed by atoms with Crippen LogP contribution in [0.1, 0.15) is 12.5 Å². The Morgan fingerprint density at radius 3 is 2.65 bits per heavy atom. The summed E-state index contributed by atoms with van der Waals surface area (Å²) < 4.78 is 31.3. The summed E-state index contributed by atoms with van der Waals surface area (Å²) in [5.41, 5.74) is 0.822. The molecular formula is C11H17NO4S. The molecule has 0 saturated carbocycles. The van der Waals surface area contributed by atoms with Crippen LogP contribution in [0.3, 0.4) is 0 Å². The van der Waals surface area contributed by atoms with Crippen molar-refractivity contribution in [2.24, 2.45) is 0 Å². The van der Waals surface area contributed by atoms with Gasteiger partial charge in [-0.05, 0) is 31.5 Å². The molecule has 0 amide bonds. The van der Waals surface area contributed by atoms with Crippen LogP contribution in [0.2, 0.25) is 0 Å². The van der Waals surface area contributed by atoms with E-state index in [1.807, 2.05) is 0 Å². The van der Waals surface area contributed by atoms with Crippen molar-refractivity contribution in [3.8, 4) is 5.75 Å². The van der Waals surface area contributed by atoms with Crippen molar-refractivity contribution >= 4 is 10.0 Å². The number of nitrogens with one attached hydrogen (secondary N) is 1. The van der Waals surface area contributed by atoms with Crippen LogP contribution in [-0.2, 0) is 10.0 Å². The third-order valence-corrected chi connectivity index (χ3v) is 3.62. The summed E-state index contributed by atoms with van der Waals surface area (Å²) >= 11 is 0. The fraction of sp³-hybridized carbons (Fsp3) is 0.455. The van der Waals surface area contributed by atoms with Gasteiger partial charge in [-0.2, -0.15) is 0 Å². The molecule has 6 heteroatoms. The minimum absolute atomic E-state index is 0.0283. The van der Waals surface area contributed by atoms with E-state index >= 15 is 0 Å². The standard InChI is InChI=1S/C11H17NO4S/c1-8-4-5-10(16-3)11(6-8)17(14,15)12-7-9(2)13/h4-6,9,12-13H,7H2,1-3H3/t9-/m1/s1. The Bertz CT molecular complexity index is 482. The van der Waals surface area contributed by atoms with E-state index in [0.717, 1.165) is 5.56 Å². The lowest BCUT2D eigenvalue weighted by Crippen LogP contribution is -2.30. The lowest BCUT2D eigenvalue weighted by molar-refractivity contribution is 0.198. The molecule has 0 radical (unpaired) electrons. The van der Waals surface area contributed by atoms with Gasteiger partial charge in [0.25, 0.3) is 0 Å². The maximum absolute atomic E-state index is 12.0. The van der Waals surface area contributed by atoms with Gasteiger partial charge in [0, 0.05) is 6.54 Å². The maximum atomic E-state index is 12.0. The molecule has 0 aliphatic carbocycles. The van der Waals surface area contributed by atoms with Crippen molar-refractivity contribution in [2.75, 3.05) is 13.7 Å². The van der Waals surface area contributed by atoms with E-state index in [0.29, 0.717) is 0 Å². The van der Waals surface area contributed by atoms with Crippen LogP contribution < -0.4 is 9.46 Å². The molecule has 0 aliphatic rings. The Hall–Kier alpha value is -1.11. The van der Waals surface area contributed by atoms with Gasteiger partial charge in [-0.3, -0.25) is 0 Å². The zero-order valence-corrected chi connectivity index (χ0v) is 10.9. The third-order valence-electron chi connectivity index (χ3n) is 2.18. The lowest BCUT2D eigenvalue weighted by Gasteiger charge is -2.12. The van der Waals surface area contributed by atoms with Crippen molar-refractivity contribution < 1.29 is 18.3 Å². The second kappa shape index (κ2) is 5.48. The van der Waals surface area contributed by atoms with Gasteiger partial charge in [0.1, 0.15) is 10.6 Å². The smallest absolute Gasteiger partial charge is 0.244 e. The Morgan fingerprint density at radius 2 is 2.12 bits per heavy atom. The van der Waals surface area contributed by atoms with Crippen molar-refractivity contribution in [2.45, 2.75) is 24.8 Å². The number of aliphatic hydroxyl groups is 1. The lowest BCUT2D eigenvalue weighted by atomic mass is 10.2. The molecular weight excluding hydrogens is 242 g/mol. The molecule has 0 unspecified atom stereocenters. The largest absolute Gasteiger partial charge is 0.495 e. The molecule has 2 N–H and O–H groups in total. The van der Waals surface area contributed by atoms with E-state index in [1.54, 1.807) is 19.1 Å². The van der Waals surface area contributed by atoms with Crippen LogP contribution in [0.25, 0.3) is 0 Å². The van der Waals surface area contributed by atoms with Crippen LogP contribution in [0, 0.1) is 6.92 Å². The molecule has 0 aromatic heterocycles. The summed E-state index contributed by atoms with van der Waals surface area (Å²) in [6.45, 7) is 3.28. The fourth-order valence-corrected chi connectivity index (χ4v) is 2.68. The molecule has 0 aliphatic heterocycles. The summed E-state index contributed by atoms with van der Waals surface area (Å²) in [5.74, 6) is 0.286. The Kier molecular flexibility index (Phi) is 4.50. The summed E-state index contributed by atoms with van der Waals surface area (Å²) in [4.78, 5) is 0.0839. The quantitative estimate of drug-likeness (QED) is 0.814. The normalized spacial score (nSPS) is 13.4. The molecule has 0 saturated heterocycles. The highest BCUT2D eigenvalue weighted by molar-refractivity contribution is 7.89. The maximum Gasteiger partial charge on any atom is 0.244 e. The second-order valence-electron chi connectivity index (χ2n) is 3.86. The molecule has 17 heavy (non-hydrogen) atoms. The predicted molar refractivity (Wildman–Crippen MR) is 64.6 cm³/mol. The molecule has 96 valence electrons. The van der Waals surface area contributed by atoms with Crippen LogP contribution in [0.4, 0.5) is 0 Å². The van der Waals surface area contributed by atoms with Gasteiger partial charge in [0.15, 0.2) is 0 Å². The van der Waals surface area contributed by atoms with Crippen molar-refractivity contribution in [3.05, 3.63) is 23.8 Å². The van der Waals surface area contributed by atoms with E-state index in [4.69, 9.17) is 9.84 Å². The van der Waals surface area contributed by atoms with Gasteiger partial charge >= 0.3 is 0 Å². The number of sulfonamides is 1.